The number of ether oxygens (including phenoxy) is 2. The van der Waals surface area contributed by atoms with Crippen LogP contribution in [-0.4, -0.2) is 42.1 Å². The smallest absolute Gasteiger partial charge is 0.225 e. The van der Waals surface area contributed by atoms with Gasteiger partial charge in [-0.25, -0.2) is 9.97 Å². The number of hydrogen-bond acceptors (Lipinski definition) is 5. The van der Waals surface area contributed by atoms with Gasteiger partial charge in [-0.1, -0.05) is 0 Å². The fraction of sp³-hybridized carbons (Fsp3) is 0.636. The number of nitrogens with zero attached hydrogens (tertiary/aromatic N) is 3. The highest BCUT2D eigenvalue weighted by Crippen LogP contribution is 2.31. The van der Waals surface area contributed by atoms with Crippen molar-refractivity contribution in [1.29, 1.82) is 0 Å². The van der Waals surface area contributed by atoms with Crippen LogP contribution < -0.4 is 4.90 Å². The maximum absolute atomic E-state index is 5.66. The van der Waals surface area contributed by atoms with E-state index in [4.69, 9.17) is 9.47 Å². The van der Waals surface area contributed by atoms with Gasteiger partial charge in [0.25, 0.3) is 0 Å². The largest absolute Gasteiger partial charge is 0.346 e. The molecule has 0 unspecified atom stereocenters. The second kappa shape index (κ2) is 3.68. The van der Waals surface area contributed by atoms with Crippen molar-refractivity contribution in [1.82, 2.24) is 9.97 Å². The van der Waals surface area contributed by atoms with E-state index < -0.39 is 5.79 Å². The first kappa shape index (κ1) is 9.99. The van der Waals surface area contributed by atoms with Crippen LogP contribution in [0.4, 0.5) is 5.95 Å². The molecule has 1 spiro atoms. The standard InChI is InChI=1S/C11H15N3O2/c1-9-2-4-12-10(13-9)14-5-3-11(8-14)15-6-7-16-11/h2,4H,3,5-8H2,1H3. The summed E-state index contributed by atoms with van der Waals surface area (Å²) in [6, 6.07) is 1.90. The third-order valence-electron chi connectivity index (χ3n) is 3.07. The monoisotopic (exact) mass is 221 g/mol. The third kappa shape index (κ3) is 1.66. The summed E-state index contributed by atoms with van der Waals surface area (Å²) in [6.07, 6.45) is 2.68. The van der Waals surface area contributed by atoms with Crippen LogP contribution in [0, 0.1) is 6.92 Å². The number of rotatable bonds is 1. The molecule has 2 fully saturated rings. The van der Waals surface area contributed by atoms with Gasteiger partial charge in [0.05, 0.1) is 19.8 Å². The van der Waals surface area contributed by atoms with Gasteiger partial charge in [0, 0.05) is 24.9 Å². The van der Waals surface area contributed by atoms with Crippen LogP contribution in [0.15, 0.2) is 12.3 Å². The van der Waals surface area contributed by atoms with Crippen molar-refractivity contribution in [3.05, 3.63) is 18.0 Å². The average molecular weight is 221 g/mol. The van der Waals surface area contributed by atoms with E-state index in [1.54, 1.807) is 6.20 Å². The van der Waals surface area contributed by atoms with Crippen molar-refractivity contribution < 1.29 is 9.47 Å². The minimum Gasteiger partial charge on any atom is -0.346 e. The minimum atomic E-state index is -0.396. The first-order valence-corrected chi connectivity index (χ1v) is 5.60. The molecule has 0 atom stereocenters. The molecule has 5 heteroatoms. The Morgan fingerprint density at radius 1 is 1.38 bits per heavy atom. The summed E-state index contributed by atoms with van der Waals surface area (Å²) in [5.74, 6) is 0.378. The SMILES string of the molecule is Cc1ccnc(N2CCC3(C2)OCCO3)n1. The number of anilines is 1. The van der Waals surface area contributed by atoms with Gasteiger partial charge in [0.2, 0.25) is 5.95 Å². The molecule has 2 aliphatic rings. The van der Waals surface area contributed by atoms with Crippen LogP contribution in [0.1, 0.15) is 12.1 Å². The highest BCUT2D eigenvalue weighted by molar-refractivity contribution is 5.33. The topological polar surface area (TPSA) is 47.5 Å². The fourth-order valence-electron chi connectivity index (χ4n) is 2.25. The van der Waals surface area contributed by atoms with Crippen molar-refractivity contribution in [3.63, 3.8) is 0 Å². The molecular formula is C11H15N3O2. The van der Waals surface area contributed by atoms with E-state index in [2.05, 4.69) is 14.9 Å². The summed E-state index contributed by atoms with van der Waals surface area (Å²) in [5, 5.41) is 0. The summed E-state index contributed by atoms with van der Waals surface area (Å²) in [4.78, 5) is 10.8. The zero-order valence-corrected chi connectivity index (χ0v) is 9.35. The van der Waals surface area contributed by atoms with Gasteiger partial charge in [0.1, 0.15) is 0 Å². The molecule has 0 amide bonds. The predicted octanol–water partition coefficient (Wildman–Crippen LogP) is 0.738. The average Bonchev–Trinajstić information content (AvgIpc) is 2.90. The number of aromatic nitrogens is 2. The summed E-state index contributed by atoms with van der Waals surface area (Å²) in [7, 11) is 0. The van der Waals surface area contributed by atoms with E-state index >= 15 is 0 Å². The maximum atomic E-state index is 5.66. The molecule has 3 heterocycles. The Labute approximate surface area is 94.4 Å². The lowest BCUT2D eigenvalue weighted by atomic mass is 10.2. The van der Waals surface area contributed by atoms with Gasteiger partial charge in [-0.2, -0.15) is 0 Å². The molecule has 0 saturated carbocycles. The summed E-state index contributed by atoms with van der Waals surface area (Å²) >= 11 is 0. The summed E-state index contributed by atoms with van der Waals surface area (Å²) in [6.45, 7) is 4.99. The summed E-state index contributed by atoms with van der Waals surface area (Å²) < 4.78 is 11.3. The van der Waals surface area contributed by atoms with Gasteiger partial charge in [-0.15, -0.1) is 0 Å². The second-order valence-electron chi connectivity index (χ2n) is 4.28. The first-order chi connectivity index (χ1) is 7.77. The normalized spacial score (nSPS) is 23.2. The Kier molecular flexibility index (Phi) is 2.29. The Morgan fingerprint density at radius 2 is 2.19 bits per heavy atom. The Morgan fingerprint density at radius 3 is 2.94 bits per heavy atom. The number of aryl methyl sites for hydroxylation is 1. The fourth-order valence-corrected chi connectivity index (χ4v) is 2.25. The van der Waals surface area contributed by atoms with Crippen LogP contribution in [0.25, 0.3) is 0 Å². The molecule has 0 aromatic carbocycles. The van der Waals surface area contributed by atoms with Crippen molar-refractivity contribution in [3.8, 4) is 0 Å². The lowest BCUT2D eigenvalue weighted by Crippen LogP contribution is -2.34. The molecule has 0 aliphatic carbocycles. The van der Waals surface area contributed by atoms with Gasteiger partial charge in [-0.05, 0) is 13.0 Å². The zero-order chi connectivity index (χ0) is 11.0. The van der Waals surface area contributed by atoms with Crippen molar-refractivity contribution in [2.45, 2.75) is 19.1 Å². The van der Waals surface area contributed by atoms with Crippen LogP contribution in [0.5, 0.6) is 0 Å². The zero-order valence-electron chi connectivity index (χ0n) is 9.35. The van der Waals surface area contributed by atoms with Crippen LogP contribution >= 0.6 is 0 Å². The van der Waals surface area contributed by atoms with Crippen LogP contribution in [0.3, 0.4) is 0 Å². The van der Waals surface area contributed by atoms with E-state index in [-0.39, 0.29) is 0 Å². The van der Waals surface area contributed by atoms with Crippen molar-refractivity contribution in [2.75, 3.05) is 31.2 Å². The van der Waals surface area contributed by atoms with Gasteiger partial charge in [-0.3, -0.25) is 0 Å². The van der Waals surface area contributed by atoms with E-state index in [0.717, 1.165) is 31.2 Å². The van der Waals surface area contributed by atoms with Crippen LogP contribution in [-0.2, 0) is 9.47 Å². The van der Waals surface area contributed by atoms with E-state index in [0.29, 0.717) is 13.2 Å². The van der Waals surface area contributed by atoms with Gasteiger partial charge < -0.3 is 14.4 Å². The Balaban J connectivity index is 1.78. The molecule has 0 radical (unpaired) electrons. The second-order valence-corrected chi connectivity index (χ2v) is 4.28. The van der Waals surface area contributed by atoms with E-state index in [9.17, 15) is 0 Å². The third-order valence-corrected chi connectivity index (χ3v) is 3.07. The maximum Gasteiger partial charge on any atom is 0.225 e. The lowest BCUT2D eigenvalue weighted by molar-refractivity contribution is -0.138. The lowest BCUT2D eigenvalue weighted by Gasteiger charge is -2.22. The molecule has 16 heavy (non-hydrogen) atoms. The molecule has 3 rings (SSSR count). The van der Waals surface area contributed by atoms with E-state index in [1.807, 2.05) is 13.0 Å². The highest BCUT2D eigenvalue weighted by atomic mass is 16.7. The molecule has 0 bridgehead atoms. The predicted molar refractivity (Wildman–Crippen MR) is 58.2 cm³/mol. The molecule has 2 saturated heterocycles. The molecule has 86 valence electrons. The minimum absolute atomic E-state index is 0.396. The van der Waals surface area contributed by atoms with Crippen molar-refractivity contribution in [2.24, 2.45) is 0 Å². The molecule has 2 aliphatic heterocycles. The Bertz CT molecular complexity index is 391. The quantitative estimate of drug-likeness (QED) is 0.700. The molecule has 1 aromatic rings. The summed E-state index contributed by atoms with van der Waals surface area (Å²) in [5.41, 5.74) is 0.985. The molecular weight excluding hydrogens is 206 g/mol. The number of hydrogen-bond donors (Lipinski definition) is 0. The highest BCUT2D eigenvalue weighted by Gasteiger charge is 2.44. The van der Waals surface area contributed by atoms with Gasteiger partial charge >= 0.3 is 0 Å². The molecule has 1 aromatic heterocycles. The van der Waals surface area contributed by atoms with Crippen LogP contribution in [0.2, 0.25) is 0 Å². The van der Waals surface area contributed by atoms with E-state index in [1.165, 1.54) is 0 Å². The van der Waals surface area contributed by atoms with Crippen molar-refractivity contribution >= 4 is 5.95 Å². The first-order valence-electron chi connectivity index (χ1n) is 5.60. The Hall–Kier alpha value is -1.20. The molecule has 0 N–H and O–H groups in total. The molecule has 5 nitrogen and oxygen atoms in total. The van der Waals surface area contributed by atoms with Gasteiger partial charge in [0.15, 0.2) is 5.79 Å².